The summed E-state index contributed by atoms with van der Waals surface area (Å²) in [6.45, 7) is 0.538. The lowest BCUT2D eigenvalue weighted by molar-refractivity contribution is -0.117. The van der Waals surface area contributed by atoms with Crippen molar-refractivity contribution in [2.45, 2.75) is 13.1 Å². The van der Waals surface area contributed by atoms with E-state index in [-0.39, 0.29) is 17.9 Å². The Morgan fingerprint density at radius 2 is 1.78 bits per heavy atom. The van der Waals surface area contributed by atoms with Crippen molar-refractivity contribution in [1.29, 1.82) is 5.26 Å². The van der Waals surface area contributed by atoms with E-state index < -0.39 is 5.91 Å². The van der Waals surface area contributed by atoms with Gasteiger partial charge in [0.05, 0.1) is 0 Å². The molecule has 2 rings (SSSR count). The van der Waals surface area contributed by atoms with Crippen LogP contribution in [0, 0.1) is 17.1 Å². The zero-order valence-corrected chi connectivity index (χ0v) is 12.4. The van der Waals surface area contributed by atoms with Crippen LogP contribution in [0.4, 0.5) is 4.39 Å². The molecule has 0 bridgehead atoms. The number of rotatable bonds is 6. The average molecular weight is 309 g/mol. The third-order valence-electron chi connectivity index (χ3n) is 3.16. The van der Waals surface area contributed by atoms with Crippen LogP contribution in [-0.4, -0.2) is 5.91 Å². The Kier molecular flexibility index (Phi) is 5.89. The Morgan fingerprint density at radius 1 is 1.09 bits per heavy atom. The molecule has 0 unspecified atom stereocenters. The van der Waals surface area contributed by atoms with Crippen molar-refractivity contribution in [3.05, 3.63) is 83.3 Å². The van der Waals surface area contributed by atoms with Crippen LogP contribution in [0.2, 0.25) is 0 Å². The number of nitriles is 1. The average Bonchev–Trinajstić information content (AvgIpc) is 2.59. The van der Waals surface area contributed by atoms with E-state index in [0.717, 1.165) is 5.56 Å². The highest BCUT2D eigenvalue weighted by Gasteiger charge is 2.08. The molecule has 0 saturated heterocycles. The Hall–Kier alpha value is -3.13. The highest BCUT2D eigenvalue weighted by atomic mass is 19.1. The normalized spacial score (nSPS) is 10.7. The van der Waals surface area contributed by atoms with Gasteiger partial charge in [-0.1, -0.05) is 48.5 Å². The second-order valence-electron chi connectivity index (χ2n) is 4.81. The Labute approximate surface area is 134 Å². The number of carbonyl (C=O) groups is 1. The number of halogens is 1. The van der Waals surface area contributed by atoms with Crippen LogP contribution >= 0.6 is 0 Å². The van der Waals surface area contributed by atoms with Crippen LogP contribution < -0.4 is 10.6 Å². The van der Waals surface area contributed by atoms with Crippen molar-refractivity contribution in [1.82, 2.24) is 10.6 Å². The minimum Gasteiger partial charge on any atom is -0.385 e. The van der Waals surface area contributed by atoms with Gasteiger partial charge in [-0.3, -0.25) is 4.79 Å². The predicted molar refractivity (Wildman–Crippen MR) is 85.2 cm³/mol. The van der Waals surface area contributed by atoms with Crippen molar-refractivity contribution in [3.63, 3.8) is 0 Å². The monoisotopic (exact) mass is 309 g/mol. The topological polar surface area (TPSA) is 64.9 Å². The molecule has 2 N–H and O–H groups in total. The van der Waals surface area contributed by atoms with E-state index >= 15 is 0 Å². The van der Waals surface area contributed by atoms with Crippen LogP contribution in [0.3, 0.4) is 0 Å². The lowest BCUT2D eigenvalue weighted by atomic mass is 10.2. The number of hydrogen-bond acceptors (Lipinski definition) is 3. The first-order valence-corrected chi connectivity index (χ1v) is 7.10. The Morgan fingerprint density at radius 3 is 2.48 bits per heavy atom. The highest BCUT2D eigenvalue weighted by molar-refractivity contribution is 5.97. The summed E-state index contributed by atoms with van der Waals surface area (Å²) in [7, 11) is 0. The fraction of sp³-hybridized carbons (Fsp3) is 0.111. The molecule has 0 saturated carbocycles. The van der Waals surface area contributed by atoms with E-state index in [1.807, 2.05) is 36.4 Å². The highest BCUT2D eigenvalue weighted by Crippen LogP contribution is 2.05. The van der Waals surface area contributed by atoms with Crippen LogP contribution in [0.25, 0.3) is 0 Å². The number of nitrogens with zero attached hydrogens (tertiary/aromatic N) is 1. The van der Waals surface area contributed by atoms with Gasteiger partial charge in [-0.25, -0.2) is 4.39 Å². The van der Waals surface area contributed by atoms with E-state index in [0.29, 0.717) is 12.1 Å². The molecule has 116 valence electrons. The second kappa shape index (κ2) is 8.35. The molecule has 0 aliphatic heterocycles. The van der Waals surface area contributed by atoms with E-state index in [4.69, 9.17) is 5.26 Å². The lowest BCUT2D eigenvalue weighted by Gasteiger charge is -2.06. The van der Waals surface area contributed by atoms with Crippen LogP contribution in [0.15, 0.2) is 66.4 Å². The van der Waals surface area contributed by atoms with Crippen molar-refractivity contribution >= 4 is 5.91 Å². The molecular weight excluding hydrogens is 293 g/mol. The summed E-state index contributed by atoms with van der Waals surface area (Å²) in [6, 6.07) is 17.6. The lowest BCUT2D eigenvalue weighted by Crippen LogP contribution is -2.25. The number of benzene rings is 2. The summed E-state index contributed by atoms with van der Waals surface area (Å²) in [6.07, 6.45) is 1.30. The third-order valence-corrected chi connectivity index (χ3v) is 3.16. The number of carbonyl (C=O) groups excluding carboxylic acids is 1. The van der Waals surface area contributed by atoms with Gasteiger partial charge in [0.2, 0.25) is 0 Å². The summed E-state index contributed by atoms with van der Waals surface area (Å²) in [4.78, 5) is 11.9. The van der Waals surface area contributed by atoms with E-state index in [9.17, 15) is 9.18 Å². The Balaban J connectivity index is 1.89. The van der Waals surface area contributed by atoms with Crippen LogP contribution in [0.1, 0.15) is 11.1 Å². The quantitative estimate of drug-likeness (QED) is 0.637. The van der Waals surface area contributed by atoms with Gasteiger partial charge in [0, 0.05) is 24.9 Å². The molecule has 1 amide bonds. The molecule has 4 nitrogen and oxygen atoms in total. The molecule has 0 radical (unpaired) electrons. The zero-order chi connectivity index (χ0) is 16.5. The van der Waals surface area contributed by atoms with E-state index in [1.165, 1.54) is 12.3 Å². The summed E-state index contributed by atoms with van der Waals surface area (Å²) >= 11 is 0. The molecule has 0 heterocycles. The first-order valence-electron chi connectivity index (χ1n) is 7.10. The molecule has 2 aromatic carbocycles. The van der Waals surface area contributed by atoms with Gasteiger partial charge in [0.15, 0.2) is 0 Å². The molecule has 23 heavy (non-hydrogen) atoms. The van der Waals surface area contributed by atoms with Crippen molar-refractivity contribution < 1.29 is 9.18 Å². The van der Waals surface area contributed by atoms with Crippen molar-refractivity contribution in [2.24, 2.45) is 0 Å². The van der Waals surface area contributed by atoms with E-state index in [1.54, 1.807) is 18.2 Å². The summed E-state index contributed by atoms with van der Waals surface area (Å²) in [5, 5.41) is 14.5. The molecular formula is C18H16FN3O. The number of nitrogens with one attached hydrogen (secondary N) is 2. The smallest absolute Gasteiger partial charge is 0.263 e. The second-order valence-corrected chi connectivity index (χ2v) is 4.81. The van der Waals surface area contributed by atoms with Gasteiger partial charge in [-0.05, 0) is 11.6 Å². The first-order chi connectivity index (χ1) is 11.2. The van der Waals surface area contributed by atoms with Crippen molar-refractivity contribution in [2.75, 3.05) is 0 Å². The maximum Gasteiger partial charge on any atom is 0.263 e. The fourth-order valence-corrected chi connectivity index (χ4v) is 1.93. The molecule has 0 atom stereocenters. The van der Waals surface area contributed by atoms with Gasteiger partial charge >= 0.3 is 0 Å². The van der Waals surface area contributed by atoms with E-state index in [2.05, 4.69) is 10.6 Å². The van der Waals surface area contributed by atoms with Gasteiger partial charge in [-0.15, -0.1) is 0 Å². The predicted octanol–water partition coefficient (Wildman–Crippen LogP) is 2.64. The summed E-state index contributed by atoms with van der Waals surface area (Å²) in [5.74, 6) is -0.808. The maximum absolute atomic E-state index is 13.5. The molecule has 0 aliphatic rings. The van der Waals surface area contributed by atoms with Crippen LogP contribution in [-0.2, 0) is 17.9 Å². The minimum absolute atomic E-state index is 0.0581. The summed E-state index contributed by atoms with van der Waals surface area (Å²) in [5.41, 5.74) is 1.35. The molecule has 0 fully saturated rings. The van der Waals surface area contributed by atoms with Crippen LogP contribution in [0.5, 0.6) is 0 Å². The fourth-order valence-electron chi connectivity index (χ4n) is 1.93. The Bertz CT molecular complexity index is 735. The van der Waals surface area contributed by atoms with Gasteiger partial charge in [0.25, 0.3) is 5.91 Å². The summed E-state index contributed by atoms with van der Waals surface area (Å²) < 4.78 is 13.5. The van der Waals surface area contributed by atoms with Crippen molar-refractivity contribution in [3.8, 4) is 6.07 Å². The SMILES string of the molecule is N#C/C(=C/NCc1ccccc1F)C(=O)NCc1ccccc1. The maximum atomic E-state index is 13.5. The third kappa shape index (κ3) is 4.97. The van der Waals surface area contributed by atoms with Gasteiger partial charge in [0.1, 0.15) is 17.5 Å². The molecule has 0 spiro atoms. The van der Waals surface area contributed by atoms with Gasteiger partial charge in [-0.2, -0.15) is 5.26 Å². The standard InChI is InChI=1S/C18H16FN3O/c19-17-9-5-4-8-15(17)12-21-13-16(10-20)18(23)22-11-14-6-2-1-3-7-14/h1-9,13,21H,11-12H2,(H,22,23)/b16-13-. The minimum atomic E-state index is -0.475. The molecule has 0 aromatic heterocycles. The molecule has 2 aromatic rings. The first kappa shape index (κ1) is 16.2. The molecule has 5 heteroatoms. The molecule has 0 aliphatic carbocycles. The van der Waals surface area contributed by atoms with Gasteiger partial charge < -0.3 is 10.6 Å². The number of amides is 1. The zero-order valence-electron chi connectivity index (χ0n) is 12.4. The largest absolute Gasteiger partial charge is 0.385 e. The number of hydrogen-bond donors (Lipinski definition) is 2.